The highest BCUT2D eigenvalue weighted by Gasteiger charge is 2.18. The van der Waals surface area contributed by atoms with Gasteiger partial charge < -0.3 is 9.84 Å². The van der Waals surface area contributed by atoms with Crippen LogP contribution in [0, 0.1) is 19.7 Å². The number of aromatic nitrogens is 4. The Bertz CT molecular complexity index is 1180. The molecule has 0 saturated heterocycles. The van der Waals surface area contributed by atoms with Crippen LogP contribution in [0.25, 0.3) is 16.9 Å². The number of aryl methyl sites for hydroxylation is 3. The molecule has 8 heteroatoms. The summed E-state index contributed by atoms with van der Waals surface area (Å²) in [4.78, 5) is 17.1. The number of halogens is 1. The third kappa shape index (κ3) is 4.85. The molecule has 0 radical (unpaired) electrons. The lowest BCUT2D eigenvalue weighted by atomic mass is 10.1. The first-order valence-corrected chi connectivity index (χ1v) is 9.99. The van der Waals surface area contributed by atoms with Gasteiger partial charge in [-0.15, -0.1) is 0 Å². The van der Waals surface area contributed by atoms with Crippen LogP contribution in [0.3, 0.4) is 0 Å². The quantitative estimate of drug-likeness (QED) is 0.457. The minimum absolute atomic E-state index is 0.231. The van der Waals surface area contributed by atoms with Gasteiger partial charge in [-0.1, -0.05) is 35.0 Å². The minimum Gasteiger partial charge on any atom is -0.352 e. The lowest BCUT2D eigenvalue weighted by Gasteiger charge is -2.05. The molecule has 4 aromatic rings. The van der Waals surface area contributed by atoms with E-state index in [9.17, 15) is 9.18 Å². The standard InChI is InChI=1S/C23H22FN5O2/c1-15-5-7-17(8-6-15)22-20(14-29(27-22)19-11-9-18(24)10-12-19)23(30)25-13-3-4-21-26-16(2)28-31-21/h5-12,14H,3-4,13H2,1-2H3,(H,25,30). The molecule has 1 N–H and O–H groups in total. The van der Waals surface area contributed by atoms with Crippen LogP contribution in [0.4, 0.5) is 4.39 Å². The molecule has 31 heavy (non-hydrogen) atoms. The molecule has 0 aliphatic carbocycles. The van der Waals surface area contributed by atoms with E-state index < -0.39 is 0 Å². The number of hydrogen-bond acceptors (Lipinski definition) is 5. The van der Waals surface area contributed by atoms with Crippen LogP contribution in [0.5, 0.6) is 0 Å². The Morgan fingerprint density at radius 2 is 1.84 bits per heavy atom. The summed E-state index contributed by atoms with van der Waals surface area (Å²) >= 11 is 0. The first-order valence-electron chi connectivity index (χ1n) is 9.99. The van der Waals surface area contributed by atoms with Gasteiger partial charge in [-0.25, -0.2) is 9.07 Å². The number of amides is 1. The second kappa shape index (κ2) is 8.91. The molecule has 1 amide bonds. The molecule has 2 heterocycles. The Morgan fingerprint density at radius 3 is 2.52 bits per heavy atom. The van der Waals surface area contributed by atoms with Gasteiger partial charge in [0.2, 0.25) is 5.89 Å². The zero-order valence-corrected chi connectivity index (χ0v) is 17.3. The molecule has 7 nitrogen and oxygen atoms in total. The molecule has 0 aliphatic heterocycles. The Morgan fingerprint density at radius 1 is 1.10 bits per heavy atom. The first kappa shape index (κ1) is 20.5. The van der Waals surface area contributed by atoms with E-state index in [1.54, 1.807) is 29.9 Å². The number of nitrogens with zero attached hydrogens (tertiary/aromatic N) is 4. The summed E-state index contributed by atoms with van der Waals surface area (Å²) in [6, 6.07) is 13.8. The van der Waals surface area contributed by atoms with Crippen molar-refractivity contribution in [1.29, 1.82) is 0 Å². The minimum atomic E-state index is -0.330. The van der Waals surface area contributed by atoms with E-state index in [-0.39, 0.29) is 11.7 Å². The summed E-state index contributed by atoms with van der Waals surface area (Å²) < 4.78 is 20.0. The van der Waals surface area contributed by atoms with Crippen molar-refractivity contribution < 1.29 is 13.7 Å². The largest absolute Gasteiger partial charge is 0.352 e. The normalized spacial score (nSPS) is 10.9. The highest BCUT2D eigenvalue weighted by Crippen LogP contribution is 2.24. The van der Waals surface area contributed by atoms with Crippen molar-refractivity contribution >= 4 is 5.91 Å². The molecular weight excluding hydrogens is 397 g/mol. The Labute approximate surface area is 178 Å². The maximum Gasteiger partial charge on any atom is 0.255 e. The molecule has 0 saturated carbocycles. The highest BCUT2D eigenvalue weighted by atomic mass is 19.1. The second-order valence-corrected chi connectivity index (χ2v) is 7.27. The van der Waals surface area contributed by atoms with Gasteiger partial charge in [0.25, 0.3) is 5.91 Å². The summed E-state index contributed by atoms with van der Waals surface area (Å²) in [6.45, 7) is 4.22. The summed E-state index contributed by atoms with van der Waals surface area (Å²) in [5, 5.41) is 11.3. The molecular formula is C23H22FN5O2. The van der Waals surface area contributed by atoms with Crippen molar-refractivity contribution in [2.45, 2.75) is 26.7 Å². The number of nitrogens with one attached hydrogen (secondary N) is 1. The van der Waals surface area contributed by atoms with Gasteiger partial charge >= 0.3 is 0 Å². The number of hydrogen-bond donors (Lipinski definition) is 1. The van der Waals surface area contributed by atoms with Crippen molar-refractivity contribution in [3.63, 3.8) is 0 Å². The molecule has 0 unspecified atom stereocenters. The van der Waals surface area contributed by atoms with Crippen LogP contribution in [0.1, 0.15) is 34.1 Å². The van der Waals surface area contributed by atoms with Gasteiger partial charge in [-0.05, 0) is 44.5 Å². The predicted molar refractivity (Wildman–Crippen MR) is 113 cm³/mol. The van der Waals surface area contributed by atoms with Gasteiger partial charge in [0.05, 0.1) is 11.3 Å². The molecule has 0 spiro atoms. The smallest absolute Gasteiger partial charge is 0.255 e. The molecule has 0 fully saturated rings. The van der Waals surface area contributed by atoms with E-state index in [0.29, 0.717) is 48.0 Å². The number of rotatable bonds is 7. The highest BCUT2D eigenvalue weighted by molar-refractivity contribution is 5.99. The van der Waals surface area contributed by atoms with Crippen LogP contribution in [-0.2, 0) is 6.42 Å². The van der Waals surface area contributed by atoms with Gasteiger partial charge in [-0.2, -0.15) is 10.1 Å². The van der Waals surface area contributed by atoms with Crippen molar-refractivity contribution in [3.05, 3.63) is 83.4 Å². The molecule has 158 valence electrons. The number of carbonyl (C=O) groups is 1. The number of benzene rings is 2. The van der Waals surface area contributed by atoms with Crippen LogP contribution in [-0.4, -0.2) is 32.4 Å². The summed E-state index contributed by atoms with van der Waals surface area (Å²) in [5.74, 6) is 0.584. The van der Waals surface area contributed by atoms with Crippen LogP contribution in [0.2, 0.25) is 0 Å². The average Bonchev–Trinajstić information content (AvgIpc) is 3.39. The fourth-order valence-electron chi connectivity index (χ4n) is 3.17. The van der Waals surface area contributed by atoms with Gasteiger partial charge in [-0.3, -0.25) is 4.79 Å². The maximum atomic E-state index is 13.3. The summed E-state index contributed by atoms with van der Waals surface area (Å²) in [7, 11) is 0. The van der Waals surface area contributed by atoms with Gasteiger partial charge in [0.15, 0.2) is 5.82 Å². The van der Waals surface area contributed by atoms with E-state index in [1.165, 1.54) is 12.1 Å². The molecule has 4 rings (SSSR count). The van der Waals surface area contributed by atoms with Crippen LogP contribution < -0.4 is 5.32 Å². The first-order chi connectivity index (χ1) is 15.0. The van der Waals surface area contributed by atoms with Gasteiger partial charge in [0.1, 0.15) is 11.5 Å². The Balaban J connectivity index is 1.54. The fourth-order valence-corrected chi connectivity index (χ4v) is 3.17. The van der Waals surface area contributed by atoms with E-state index in [2.05, 4.69) is 20.6 Å². The van der Waals surface area contributed by atoms with E-state index >= 15 is 0 Å². The Hall–Kier alpha value is -3.81. The maximum absolute atomic E-state index is 13.3. The summed E-state index contributed by atoms with van der Waals surface area (Å²) in [6.07, 6.45) is 2.92. The molecule has 0 aliphatic rings. The van der Waals surface area contributed by atoms with Crippen molar-refractivity contribution in [2.75, 3.05) is 6.54 Å². The van der Waals surface area contributed by atoms with E-state index in [0.717, 1.165) is 11.1 Å². The molecule has 0 atom stereocenters. The Kier molecular flexibility index (Phi) is 5.88. The molecule has 0 bridgehead atoms. The number of carbonyl (C=O) groups excluding carboxylic acids is 1. The SMILES string of the molecule is Cc1ccc(-c2nn(-c3ccc(F)cc3)cc2C(=O)NCCCc2nc(C)no2)cc1. The van der Waals surface area contributed by atoms with E-state index in [1.807, 2.05) is 31.2 Å². The van der Waals surface area contributed by atoms with Crippen molar-refractivity contribution in [2.24, 2.45) is 0 Å². The molecule has 2 aromatic heterocycles. The second-order valence-electron chi connectivity index (χ2n) is 7.27. The monoisotopic (exact) mass is 419 g/mol. The van der Waals surface area contributed by atoms with Crippen LogP contribution in [0.15, 0.2) is 59.3 Å². The topological polar surface area (TPSA) is 85.8 Å². The lowest BCUT2D eigenvalue weighted by molar-refractivity contribution is 0.0953. The average molecular weight is 419 g/mol. The third-order valence-electron chi connectivity index (χ3n) is 4.80. The fraction of sp³-hybridized carbons (Fsp3) is 0.217. The lowest BCUT2D eigenvalue weighted by Crippen LogP contribution is -2.25. The zero-order chi connectivity index (χ0) is 21.8. The third-order valence-corrected chi connectivity index (χ3v) is 4.80. The van der Waals surface area contributed by atoms with Crippen LogP contribution >= 0.6 is 0 Å². The summed E-state index contributed by atoms with van der Waals surface area (Å²) in [5.41, 5.74) is 3.62. The van der Waals surface area contributed by atoms with Crippen molar-refractivity contribution in [1.82, 2.24) is 25.2 Å². The van der Waals surface area contributed by atoms with E-state index in [4.69, 9.17) is 4.52 Å². The van der Waals surface area contributed by atoms with Gasteiger partial charge in [0, 0.05) is 24.7 Å². The predicted octanol–water partition coefficient (Wildman–Crippen LogP) is 4.04. The van der Waals surface area contributed by atoms with Crippen molar-refractivity contribution in [3.8, 4) is 16.9 Å². The molecule has 2 aromatic carbocycles. The zero-order valence-electron chi connectivity index (χ0n) is 17.3.